The summed E-state index contributed by atoms with van der Waals surface area (Å²) >= 11 is 12.2. The maximum absolute atomic E-state index is 11.5. The van der Waals surface area contributed by atoms with Gasteiger partial charge in [-0.05, 0) is 25.0 Å². The number of hydrogen-bond acceptors (Lipinski definition) is 2. The zero-order valence-corrected chi connectivity index (χ0v) is 12.3. The van der Waals surface area contributed by atoms with Crippen molar-refractivity contribution in [3.63, 3.8) is 0 Å². The second-order valence-electron chi connectivity index (χ2n) is 4.78. The van der Waals surface area contributed by atoms with Crippen molar-refractivity contribution in [1.29, 1.82) is 0 Å². The van der Waals surface area contributed by atoms with Gasteiger partial charge in [0.15, 0.2) is 0 Å². The van der Waals surface area contributed by atoms with E-state index in [9.17, 15) is 4.79 Å². The lowest BCUT2D eigenvalue weighted by Gasteiger charge is -2.32. The summed E-state index contributed by atoms with van der Waals surface area (Å²) in [5.41, 5.74) is 5.43. The van der Waals surface area contributed by atoms with E-state index in [1.807, 2.05) is 13.8 Å². The highest BCUT2D eigenvalue weighted by atomic mass is 35.5. The van der Waals surface area contributed by atoms with E-state index in [-0.39, 0.29) is 11.8 Å². The zero-order chi connectivity index (χ0) is 13.9. The molecular weight excluding hydrogens is 271 g/mol. The van der Waals surface area contributed by atoms with Gasteiger partial charge in [0.1, 0.15) is 0 Å². The van der Waals surface area contributed by atoms with E-state index in [1.165, 1.54) is 0 Å². The first-order valence-corrected chi connectivity index (χ1v) is 6.52. The average Bonchev–Trinajstić information content (AvgIpc) is 2.27. The average molecular weight is 289 g/mol. The fraction of sp³-hybridized carbons (Fsp3) is 0.462. The van der Waals surface area contributed by atoms with E-state index in [2.05, 4.69) is 5.32 Å². The first-order valence-electron chi connectivity index (χ1n) is 5.77. The molecule has 0 heterocycles. The number of hydrogen-bond donors (Lipinski definition) is 2. The van der Waals surface area contributed by atoms with Crippen LogP contribution in [0.15, 0.2) is 18.2 Å². The Morgan fingerprint density at radius 3 is 2.28 bits per heavy atom. The molecule has 3 N–H and O–H groups in total. The Bertz CT molecular complexity index is 428. The molecule has 1 aromatic rings. The van der Waals surface area contributed by atoms with E-state index in [0.717, 1.165) is 5.56 Å². The molecule has 18 heavy (non-hydrogen) atoms. The Balaban J connectivity index is 2.90. The monoisotopic (exact) mass is 288 g/mol. The van der Waals surface area contributed by atoms with Crippen molar-refractivity contribution in [2.24, 2.45) is 11.7 Å². The number of carbonyl (C=O) groups is 1. The molecule has 0 fully saturated rings. The molecule has 0 spiro atoms. The number of halogens is 2. The van der Waals surface area contributed by atoms with Gasteiger partial charge in [-0.2, -0.15) is 0 Å². The van der Waals surface area contributed by atoms with Crippen molar-refractivity contribution in [2.45, 2.75) is 32.9 Å². The molecule has 1 atom stereocenters. The van der Waals surface area contributed by atoms with Crippen molar-refractivity contribution in [1.82, 2.24) is 5.32 Å². The predicted octanol–water partition coefficient (Wildman–Crippen LogP) is 2.98. The molecule has 0 aliphatic heterocycles. The van der Waals surface area contributed by atoms with Gasteiger partial charge in [0.2, 0.25) is 5.91 Å². The molecule has 5 heteroatoms. The molecule has 3 nitrogen and oxygen atoms in total. The van der Waals surface area contributed by atoms with E-state index >= 15 is 0 Å². The molecule has 0 saturated carbocycles. The minimum Gasteiger partial charge on any atom is -0.368 e. The van der Waals surface area contributed by atoms with Crippen molar-refractivity contribution in [2.75, 3.05) is 0 Å². The fourth-order valence-electron chi connectivity index (χ4n) is 1.55. The molecule has 0 radical (unpaired) electrons. The summed E-state index contributed by atoms with van der Waals surface area (Å²) in [5.74, 6) is -0.322. The quantitative estimate of drug-likeness (QED) is 0.875. The summed E-state index contributed by atoms with van der Waals surface area (Å²) in [6.07, 6.45) is 0. The van der Waals surface area contributed by atoms with Gasteiger partial charge < -0.3 is 5.73 Å². The molecular formula is C13H18Cl2N2O. The summed E-state index contributed by atoms with van der Waals surface area (Å²) < 4.78 is 0. The third-order valence-electron chi connectivity index (χ3n) is 3.36. The number of rotatable bonds is 5. The second kappa shape index (κ2) is 5.91. The molecule has 0 aliphatic carbocycles. The summed E-state index contributed by atoms with van der Waals surface area (Å²) in [5, 5.41) is 4.30. The number of benzene rings is 1. The molecule has 0 bridgehead atoms. The number of amides is 1. The van der Waals surface area contributed by atoms with Crippen molar-refractivity contribution >= 4 is 29.1 Å². The van der Waals surface area contributed by atoms with Crippen molar-refractivity contribution in [3.05, 3.63) is 33.8 Å². The first kappa shape index (κ1) is 15.3. The normalized spacial score (nSPS) is 14.6. The van der Waals surface area contributed by atoms with Crippen LogP contribution >= 0.6 is 23.2 Å². The second-order valence-corrected chi connectivity index (χ2v) is 5.59. The fourth-order valence-corrected chi connectivity index (χ4v) is 2.08. The molecule has 1 rings (SSSR count). The van der Waals surface area contributed by atoms with E-state index in [1.54, 1.807) is 25.1 Å². The van der Waals surface area contributed by atoms with Crippen LogP contribution in [0.5, 0.6) is 0 Å². The van der Waals surface area contributed by atoms with E-state index in [0.29, 0.717) is 16.6 Å². The SMILES string of the molecule is CC(C)C(C)(NCc1c(Cl)cccc1Cl)C(N)=O. The molecule has 1 aromatic carbocycles. The minimum absolute atomic E-state index is 0.0660. The van der Waals surface area contributed by atoms with Gasteiger partial charge in [0.05, 0.1) is 5.54 Å². The highest BCUT2D eigenvalue weighted by molar-refractivity contribution is 6.35. The third-order valence-corrected chi connectivity index (χ3v) is 4.07. The van der Waals surface area contributed by atoms with Crippen LogP contribution in [0.3, 0.4) is 0 Å². The number of carbonyl (C=O) groups excluding carboxylic acids is 1. The number of nitrogens with one attached hydrogen (secondary N) is 1. The van der Waals surface area contributed by atoms with Gasteiger partial charge in [0, 0.05) is 22.2 Å². The smallest absolute Gasteiger partial charge is 0.237 e. The van der Waals surface area contributed by atoms with Crippen LogP contribution in [-0.4, -0.2) is 11.4 Å². The summed E-state index contributed by atoms with van der Waals surface area (Å²) in [6, 6.07) is 5.31. The van der Waals surface area contributed by atoms with E-state index < -0.39 is 5.54 Å². The highest BCUT2D eigenvalue weighted by Gasteiger charge is 2.34. The predicted molar refractivity (Wildman–Crippen MR) is 75.7 cm³/mol. The van der Waals surface area contributed by atoms with Crippen molar-refractivity contribution < 1.29 is 4.79 Å². The van der Waals surface area contributed by atoms with E-state index in [4.69, 9.17) is 28.9 Å². The first-order chi connectivity index (χ1) is 8.29. The Morgan fingerprint density at radius 2 is 1.89 bits per heavy atom. The van der Waals surface area contributed by atoms with Crippen molar-refractivity contribution in [3.8, 4) is 0 Å². The van der Waals surface area contributed by atoms with Gasteiger partial charge in [-0.15, -0.1) is 0 Å². The lowest BCUT2D eigenvalue weighted by molar-refractivity contribution is -0.125. The number of nitrogens with two attached hydrogens (primary N) is 1. The largest absolute Gasteiger partial charge is 0.368 e. The third kappa shape index (κ3) is 3.16. The Labute approximate surface area is 118 Å². The highest BCUT2D eigenvalue weighted by Crippen LogP contribution is 2.25. The topological polar surface area (TPSA) is 55.1 Å². The lowest BCUT2D eigenvalue weighted by atomic mass is 9.87. The van der Waals surface area contributed by atoms with Crippen LogP contribution in [0.4, 0.5) is 0 Å². The lowest BCUT2D eigenvalue weighted by Crippen LogP contribution is -2.56. The van der Waals surface area contributed by atoms with Gasteiger partial charge in [-0.3, -0.25) is 10.1 Å². The van der Waals surface area contributed by atoms with Crippen LogP contribution in [0.1, 0.15) is 26.3 Å². The van der Waals surface area contributed by atoms with Crippen LogP contribution in [0.2, 0.25) is 10.0 Å². The standard InChI is InChI=1S/C13H18Cl2N2O/c1-8(2)13(3,12(16)18)17-7-9-10(14)5-4-6-11(9)15/h4-6,8,17H,7H2,1-3H3,(H2,16,18). The van der Waals surface area contributed by atoms with Gasteiger partial charge >= 0.3 is 0 Å². The maximum atomic E-state index is 11.5. The molecule has 0 aliphatic rings. The van der Waals surface area contributed by atoms with Crippen LogP contribution in [0, 0.1) is 5.92 Å². The zero-order valence-electron chi connectivity index (χ0n) is 10.8. The van der Waals surface area contributed by atoms with Gasteiger partial charge in [-0.1, -0.05) is 43.1 Å². The molecule has 1 amide bonds. The van der Waals surface area contributed by atoms with Crippen LogP contribution < -0.4 is 11.1 Å². The Kier molecular flexibility index (Phi) is 5.02. The Morgan fingerprint density at radius 1 is 1.39 bits per heavy atom. The van der Waals surface area contributed by atoms with Gasteiger partial charge in [-0.25, -0.2) is 0 Å². The summed E-state index contributed by atoms with van der Waals surface area (Å²) in [6.45, 7) is 6.05. The molecule has 100 valence electrons. The van der Waals surface area contributed by atoms with Gasteiger partial charge in [0.25, 0.3) is 0 Å². The summed E-state index contributed by atoms with van der Waals surface area (Å²) in [4.78, 5) is 11.5. The summed E-state index contributed by atoms with van der Waals surface area (Å²) in [7, 11) is 0. The molecule has 0 aromatic heterocycles. The Hall–Kier alpha value is -0.770. The van der Waals surface area contributed by atoms with Crippen LogP contribution in [-0.2, 0) is 11.3 Å². The number of primary amides is 1. The van der Waals surface area contributed by atoms with Crippen LogP contribution in [0.25, 0.3) is 0 Å². The molecule has 0 saturated heterocycles. The maximum Gasteiger partial charge on any atom is 0.237 e. The molecule has 1 unspecified atom stereocenters. The minimum atomic E-state index is -0.789.